The molecule has 2 rings (SSSR count). The summed E-state index contributed by atoms with van der Waals surface area (Å²) in [7, 11) is 1.22. The number of hydrogen-bond donors (Lipinski definition) is 1. The molecule has 4 nitrogen and oxygen atoms in total. The van der Waals surface area contributed by atoms with Gasteiger partial charge in [0.25, 0.3) is 5.91 Å². The van der Waals surface area contributed by atoms with Crippen LogP contribution in [0, 0.1) is 15.2 Å². The molecule has 126 valence electrons. The van der Waals surface area contributed by atoms with E-state index in [1.54, 1.807) is 0 Å². The molecule has 0 aromatic heterocycles. The van der Waals surface area contributed by atoms with Gasteiger partial charge in [-0.05, 0) is 58.5 Å². The lowest BCUT2D eigenvalue weighted by Crippen LogP contribution is -2.43. The van der Waals surface area contributed by atoms with E-state index in [-0.39, 0.29) is 12.0 Å². The van der Waals surface area contributed by atoms with Gasteiger partial charge < -0.3 is 10.1 Å². The lowest BCUT2D eigenvalue weighted by atomic mass is 10.1. The first-order chi connectivity index (χ1) is 11.4. The minimum absolute atomic E-state index is 0.0783. The average molecular weight is 445 g/mol. The fourth-order valence-corrected chi connectivity index (χ4v) is 2.72. The van der Waals surface area contributed by atoms with E-state index >= 15 is 0 Å². The topological polar surface area (TPSA) is 55.4 Å². The van der Waals surface area contributed by atoms with E-state index in [0.717, 1.165) is 27.3 Å². The summed E-state index contributed by atoms with van der Waals surface area (Å²) < 4.78 is 31.9. The second-order valence-electron chi connectivity index (χ2n) is 5.01. The van der Waals surface area contributed by atoms with Gasteiger partial charge >= 0.3 is 5.97 Å². The molecule has 0 saturated carbocycles. The number of halogens is 3. The van der Waals surface area contributed by atoms with Gasteiger partial charge in [0.2, 0.25) is 0 Å². The van der Waals surface area contributed by atoms with Crippen LogP contribution < -0.4 is 5.32 Å². The summed E-state index contributed by atoms with van der Waals surface area (Å²) in [6.07, 6.45) is 0.221. The van der Waals surface area contributed by atoms with Gasteiger partial charge in [-0.2, -0.15) is 0 Å². The molecular formula is C17H14F2INO3. The summed E-state index contributed by atoms with van der Waals surface area (Å²) >= 11 is 2.14. The fourth-order valence-electron chi connectivity index (χ4n) is 2.11. The van der Waals surface area contributed by atoms with Gasteiger partial charge in [-0.15, -0.1) is 0 Å². The molecule has 0 bridgehead atoms. The summed E-state index contributed by atoms with van der Waals surface area (Å²) in [5.41, 5.74) is 0.758. The van der Waals surface area contributed by atoms with Crippen molar-refractivity contribution in [3.63, 3.8) is 0 Å². The second kappa shape index (κ2) is 8.18. The number of ether oxygens (including phenoxy) is 1. The Labute approximate surface area is 151 Å². The number of methoxy groups -OCH3 is 1. The zero-order valence-electron chi connectivity index (χ0n) is 12.7. The maximum absolute atomic E-state index is 13.2. The van der Waals surface area contributed by atoms with Gasteiger partial charge in [0.1, 0.15) is 6.04 Å². The van der Waals surface area contributed by atoms with Crippen molar-refractivity contribution in [2.45, 2.75) is 12.5 Å². The largest absolute Gasteiger partial charge is 0.467 e. The second-order valence-corrected chi connectivity index (χ2v) is 6.26. The van der Waals surface area contributed by atoms with Crippen molar-refractivity contribution < 1.29 is 23.1 Å². The Morgan fingerprint density at radius 1 is 1.17 bits per heavy atom. The molecule has 7 heteroatoms. The number of hydrogen-bond acceptors (Lipinski definition) is 3. The van der Waals surface area contributed by atoms with Crippen LogP contribution in [0.3, 0.4) is 0 Å². The minimum Gasteiger partial charge on any atom is -0.467 e. The normalized spacial score (nSPS) is 11.7. The number of carbonyl (C=O) groups is 2. The molecule has 1 atom stereocenters. The van der Waals surface area contributed by atoms with Crippen LogP contribution >= 0.6 is 22.6 Å². The average Bonchev–Trinajstić information content (AvgIpc) is 2.56. The quantitative estimate of drug-likeness (QED) is 0.569. The Morgan fingerprint density at radius 2 is 1.92 bits per heavy atom. The third kappa shape index (κ3) is 4.73. The van der Waals surface area contributed by atoms with E-state index in [1.807, 2.05) is 24.3 Å². The summed E-state index contributed by atoms with van der Waals surface area (Å²) in [5, 5.41) is 2.49. The van der Waals surface area contributed by atoms with Gasteiger partial charge in [0.15, 0.2) is 11.6 Å². The molecule has 2 aromatic carbocycles. The first-order valence-corrected chi connectivity index (χ1v) is 8.06. The van der Waals surface area contributed by atoms with Gasteiger partial charge in [0, 0.05) is 15.6 Å². The number of benzene rings is 2. The van der Waals surface area contributed by atoms with E-state index in [1.165, 1.54) is 7.11 Å². The Kier molecular flexibility index (Phi) is 6.24. The molecule has 1 amide bonds. The molecule has 2 aromatic rings. The van der Waals surface area contributed by atoms with E-state index in [9.17, 15) is 18.4 Å². The smallest absolute Gasteiger partial charge is 0.328 e. The predicted molar refractivity (Wildman–Crippen MR) is 92.5 cm³/mol. The lowest BCUT2D eigenvalue weighted by molar-refractivity contribution is -0.142. The summed E-state index contributed by atoms with van der Waals surface area (Å²) in [4.78, 5) is 24.1. The van der Waals surface area contributed by atoms with Crippen LogP contribution in [-0.2, 0) is 16.0 Å². The Balaban J connectivity index is 2.17. The van der Waals surface area contributed by atoms with Crippen LogP contribution in [-0.4, -0.2) is 25.0 Å². The molecule has 24 heavy (non-hydrogen) atoms. The lowest BCUT2D eigenvalue weighted by Gasteiger charge is -2.17. The maximum Gasteiger partial charge on any atom is 0.328 e. The molecule has 0 radical (unpaired) electrons. The molecule has 0 aliphatic heterocycles. The summed E-state index contributed by atoms with van der Waals surface area (Å²) in [6.45, 7) is 0. The van der Waals surface area contributed by atoms with E-state index < -0.39 is 29.6 Å². The van der Waals surface area contributed by atoms with Crippen LogP contribution in [0.4, 0.5) is 8.78 Å². The van der Waals surface area contributed by atoms with Crippen molar-refractivity contribution >= 4 is 34.5 Å². The Hall–Kier alpha value is -2.03. The van der Waals surface area contributed by atoms with Gasteiger partial charge in [0.05, 0.1) is 7.11 Å². The van der Waals surface area contributed by atoms with E-state index in [2.05, 4.69) is 27.9 Å². The standard InChI is InChI=1S/C17H14F2INO3/c1-24-17(23)15(8-10-3-2-4-12(20)7-10)21-16(22)11-5-6-13(18)14(19)9-11/h2-7,9,15H,8H2,1H3,(H,21,22)/t15-/m0/s1. The Morgan fingerprint density at radius 3 is 2.54 bits per heavy atom. The molecule has 0 spiro atoms. The molecule has 0 saturated heterocycles. The summed E-state index contributed by atoms with van der Waals surface area (Å²) in [5.74, 6) is -3.48. The van der Waals surface area contributed by atoms with Crippen LogP contribution in [0.25, 0.3) is 0 Å². The molecule has 0 heterocycles. The first-order valence-electron chi connectivity index (χ1n) is 6.99. The van der Waals surface area contributed by atoms with Gasteiger partial charge in [-0.25, -0.2) is 13.6 Å². The molecule has 1 N–H and O–H groups in total. The molecular weight excluding hydrogens is 431 g/mol. The molecule has 0 aliphatic rings. The fraction of sp³-hybridized carbons (Fsp3) is 0.176. The number of esters is 1. The highest BCUT2D eigenvalue weighted by Gasteiger charge is 2.23. The molecule has 0 unspecified atom stereocenters. The zero-order chi connectivity index (χ0) is 17.7. The van der Waals surface area contributed by atoms with Crippen molar-refractivity contribution in [2.24, 2.45) is 0 Å². The molecule has 0 aliphatic carbocycles. The SMILES string of the molecule is COC(=O)[C@H](Cc1cccc(I)c1)NC(=O)c1ccc(F)c(F)c1. The number of carbonyl (C=O) groups excluding carboxylic acids is 2. The predicted octanol–water partition coefficient (Wildman–Crippen LogP) is 3.08. The number of amides is 1. The van der Waals surface area contributed by atoms with Gasteiger partial charge in [-0.3, -0.25) is 4.79 Å². The highest BCUT2D eigenvalue weighted by atomic mass is 127. The minimum atomic E-state index is -1.13. The van der Waals surface area contributed by atoms with Gasteiger partial charge in [-0.1, -0.05) is 12.1 Å². The molecule has 0 fully saturated rings. The maximum atomic E-state index is 13.2. The van der Waals surface area contributed by atoms with Crippen molar-refractivity contribution in [2.75, 3.05) is 7.11 Å². The zero-order valence-corrected chi connectivity index (χ0v) is 14.8. The monoisotopic (exact) mass is 445 g/mol. The third-order valence-electron chi connectivity index (χ3n) is 3.30. The van der Waals surface area contributed by atoms with Crippen LogP contribution in [0.2, 0.25) is 0 Å². The third-order valence-corrected chi connectivity index (χ3v) is 3.97. The first kappa shape index (κ1) is 18.3. The number of rotatable bonds is 5. The van der Waals surface area contributed by atoms with E-state index in [0.29, 0.717) is 0 Å². The van der Waals surface area contributed by atoms with Crippen molar-refractivity contribution in [3.05, 3.63) is 68.8 Å². The van der Waals surface area contributed by atoms with Crippen molar-refractivity contribution in [1.82, 2.24) is 5.32 Å². The highest BCUT2D eigenvalue weighted by molar-refractivity contribution is 14.1. The van der Waals surface area contributed by atoms with Crippen molar-refractivity contribution in [1.29, 1.82) is 0 Å². The number of nitrogens with one attached hydrogen (secondary N) is 1. The Bertz CT molecular complexity index is 767. The van der Waals surface area contributed by atoms with Crippen LogP contribution in [0.1, 0.15) is 15.9 Å². The van der Waals surface area contributed by atoms with E-state index in [4.69, 9.17) is 4.74 Å². The van der Waals surface area contributed by atoms with Crippen LogP contribution in [0.5, 0.6) is 0 Å². The van der Waals surface area contributed by atoms with Crippen LogP contribution in [0.15, 0.2) is 42.5 Å². The highest BCUT2D eigenvalue weighted by Crippen LogP contribution is 2.12. The van der Waals surface area contributed by atoms with Crippen molar-refractivity contribution in [3.8, 4) is 0 Å². The summed E-state index contributed by atoms with van der Waals surface area (Å²) in [6, 6.07) is 9.28.